The van der Waals surface area contributed by atoms with Crippen molar-refractivity contribution in [3.05, 3.63) is 28.8 Å². The van der Waals surface area contributed by atoms with Crippen LogP contribution in [-0.2, 0) is 15.0 Å². The number of aryl methyl sites for hydroxylation is 1. The highest BCUT2D eigenvalue weighted by atomic mass is 35.5. The average molecular weight is 307 g/mol. The van der Waals surface area contributed by atoms with Crippen LogP contribution in [0.15, 0.2) is 18.2 Å². The molecule has 1 aromatic rings. The lowest BCUT2D eigenvalue weighted by atomic mass is 10.2. The Labute approximate surface area is 117 Å². The smallest absolute Gasteiger partial charge is 0.304 e. The van der Waals surface area contributed by atoms with E-state index in [0.29, 0.717) is 10.7 Å². The van der Waals surface area contributed by atoms with Crippen LogP contribution in [0.2, 0.25) is 5.02 Å². The van der Waals surface area contributed by atoms with Gasteiger partial charge in [-0.15, -0.1) is 0 Å². The Morgan fingerprint density at radius 2 is 2.11 bits per heavy atom. The van der Waals surface area contributed by atoms with E-state index in [1.54, 1.807) is 19.1 Å². The van der Waals surface area contributed by atoms with Crippen LogP contribution in [-0.4, -0.2) is 37.4 Å². The van der Waals surface area contributed by atoms with Gasteiger partial charge in [-0.3, -0.25) is 9.52 Å². The van der Waals surface area contributed by atoms with Gasteiger partial charge in [0, 0.05) is 18.6 Å². The Bertz CT molecular complexity index is 574. The fourth-order valence-corrected chi connectivity index (χ4v) is 2.45. The van der Waals surface area contributed by atoms with Crippen molar-refractivity contribution in [1.29, 1.82) is 0 Å². The number of anilines is 1. The molecule has 0 aliphatic rings. The summed E-state index contributed by atoms with van der Waals surface area (Å²) in [4.78, 5) is 10.4. The van der Waals surface area contributed by atoms with Crippen LogP contribution in [0.4, 0.5) is 5.69 Å². The molecule has 2 N–H and O–H groups in total. The molecular weight excluding hydrogens is 292 g/mol. The molecule has 0 fully saturated rings. The van der Waals surface area contributed by atoms with Crippen LogP contribution in [0, 0.1) is 6.92 Å². The molecule has 1 rings (SSSR count). The van der Waals surface area contributed by atoms with Gasteiger partial charge in [-0.25, -0.2) is 0 Å². The highest BCUT2D eigenvalue weighted by molar-refractivity contribution is 7.90. The average Bonchev–Trinajstić information content (AvgIpc) is 2.30. The van der Waals surface area contributed by atoms with Crippen LogP contribution in [0.25, 0.3) is 0 Å². The Morgan fingerprint density at radius 1 is 1.47 bits per heavy atom. The van der Waals surface area contributed by atoms with E-state index >= 15 is 0 Å². The number of nitrogens with zero attached hydrogens (tertiary/aromatic N) is 1. The zero-order valence-electron chi connectivity index (χ0n) is 10.6. The van der Waals surface area contributed by atoms with Crippen LogP contribution >= 0.6 is 11.6 Å². The number of benzene rings is 1. The molecule has 0 amide bonds. The van der Waals surface area contributed by atoms with E-state index in [0.717, 1.165) is 9.87 Å². The molecule has 0 unspecified atom stereocenters. The number of carboxylic acid groups (broad SMARTS) is 1. The number of aliphatic carboxylic acids is 1. The first-order chi connectivity index (χ1) is 8.72. The maximum atomic E-state index is 12.0. The molecule has 0 radical (unpaired) electrons. The minimum absolute atomic E-state index is 0.107. The fourth-order valence-electron chi connectivity index (χ4n) is 1.29. The van der Waals surface area contributed by atoms with Gasteiger partial charge in [0.25, 0.3) is 0 Å². The van der Waals surface area contributed by atoms with Gasteiger partial charge in [-0.1, -0.05) is 17.7 Å². The number of halogens is 1. The first kappa shape index (κ1) is 15.7. The van der Waals surface area contributed by atoms with Crippen LogP contribution in [0.5, 0.6) is 0 Å². The molecule has 19 heavy (non-hydrogen) atoms. The molecule has 0 aromatic heterocycles. The maximum absolute atomic E-state index is 12.0. The molecule has 0 aliphatic heterocycles. The SMILES string of the molecule is Cc1ccc(Cl)cc1NS(=O)(=O)N(C)CCC(=O)O. The van der Waals surface area contributed by atoms with E-state index < -0.39 is 16.2 Å². The van der Waals surface area contributed by atoms with Crippen molar-refractivity contribution < 1.29 is 18.3 Å². The Morgan fingerprint density at radius 3 is 2.68 bits per heavy atom. The standard InChI is InChI=1S/C11H15ClN2O4S/c1-8-3-4-9(12)7-10(8)13-19(17,18)14(2)6-5-11(15)16/h3-4,7,13H,5-6H2,1-2H3,(H,15,16). The predicted molar refractivity (Wildman–Crippen MR) is 73.6 cm³/mol. The molecule has 8 heteroatoms. The highest BCUT2D eigenvalue weighted by Crippen LogP contribution is 2.21. The molecule has 0 saturated heterocycles. The van der Waals surface area contributed by atoms with E-state index in [4.69, 9.17) is 16.7 Å². The van der Waals surface area contributed by atoms with Gasteiger partial charge < -0.3 is 5.11 Å². The van der Waals surface area contributed by atoms with Gasteiger partial charge in [-0.2, -0.15) is 12.7 Å². The summed E-state index contributed by atoms with van der Waals surface area (Å²) in [7, 11) is -2.48. The second-order valence-electron chi connectivity index (χ2n) is 4.03. The van der Waals surface area contributed by atoms with Gasteiger partial charge in [0.15, 0.2) is 0 Å². The molecule has 0 atom stereocenters. The summed E-state index contributed by atoms with van der Waals surface area (Å²) in [5, 5.41) is 8.95. The summed E-state index contributed by atoms with van der Waals surface area (Å²) in [5.41, 5.74) is 1.09. The quantitative estimate of drug-likeness (QED) is 0.837. The third-order valence-corrected chi connectivity index (χ3v) is 4.21. The van der Waals surface area contributed by atoms with Crippen molar-refractivity contribution >= 4 is 33.5 Å². The third-order valence-electron chi connectivity index (χ3n) is 2.49. The second-order valence-corrected chi connectivity index (χ2v) is 6.25. The topological polar surface area (TPSA) is 86.7 Å². The number of carbonyl (C=O) groups is 1. The summed E-state index contributed by atoms with van der Waals surface area (Å²) in [6, 6.07) is 4.85. The lowest BCUT2D eigenvalue weighted by Crippen LogP contribution is -2.34. The first-order valence-corrected chi connectivity index (χ1v) is 7.26. The van der Waals surface area contributed by atoms with Gasteiger partial charge in [0.05, 0.1) is 12.1 Å². The molecule has 1 aromatic carbocycles. The Balaban J connectivity index is 2.84. The van der Waals surface area contributed by atoms with Crippen molar-refractivity contribution in [1.82, 2.24) is 4.31 Å². The minimum atomic E-state index is -3.79. The fraction of sp³-hybridized carbons (Fsp3) is 0.364. The largest absolute Gasteiger partial charge is 0.481 e. The van der Waals surface area contributed by atoms with Crippen LogP contribution < -0.4 is 4.72 Å². The van der Waals surface area contributed by atoms with Crippen LogP contribution in [0.1, 0.15) is 12.0 Å². The lowest BCUT2D eigenvalue weighted by Gasteiger charge is -2.18. The number of carboxylic acids is 1. The summed E-state index contributed by atoms with van der Waals surface area (Å²) >= 11 is 5.80. The minimum Gasteiger partial charge on any atom is -0.481 e. The highest BCUT2D eigenvalue weighted by Gasteiger charge is 2.19. The van der Waals surface area contributed by atoms with Gasteiger partial charge in [-0.05, 0) is 24.6 Å². The van der Waals surface area contributed by atoms with Crippen molar-refractivity contribution in [2.45, 2.75) is 13.3 Å². The van der Waals surface area contributed by atoms with E-state index in [1.165, 1.54) is 13.1 Å². The molecule has 0 heterocycles. The first-order valence-electron chi connectivity index (χ1n) is 5.44. The molecule has 0 aliphatic carbocycles. The summed E-state index contributed by atoms with van der Waals surface area (Å²) in [5.74, 6) is -1.05. The predicted octanol–water partition coefficient (Wildman–Crippen LogP) is 1.71. The Kier molecular flexibility index (Phi) is 5.16. The number of hydrogen-bond donors (Lipinski definition) is 2. The maximum Gasteiger partial charge on any atom is 0.304 e. The van der Waals surface area contributed by atoms with Crippen molar-refractivity contribution in [2.24, 2.45) is 0 Å². The third kappa shape index (κ3) is 4.70. The van der Waals surface area contributed by atoms with E-state index in [2.05, 4.69) is 4.72 Å². The molecular formula is C11H15ClN2O4S. The van der Waals surface area contributed by atoms with Gasteiger partial charge in [0.2, 0.25) is 0 Å². The van der Waals surface area contributed by atoms with E-state index in [-0.39, 0.29) is 13.0 Å². The summed E-state index contributed by atoms with van der Waals surface area (Å²) in [6.45, 7) is 1.63. The summed E-state index contributed by atoms with van der Waals surface area (Å²) < 4.78 is 27.2. The van der Waals surface area contributed by atoms with Crippen LogP contribution in [0.3, 0.4) is 0 Å². The van der Waals surface area contributed by atoms with Gasteiger partial charge >= 0.3 is 16.2 Å². The summed E-state index contributed by atoms with van der Waals surface area (Å²) in [6.07, 6.45) is -0.258. The lowest BCUT2D eigenvalue weighted by molar-refractivity contribution is -0.137. The van der Waals surface area contributed by atoms with E-state index in [9.17, 15) is 13.2 Å². The molecule has 6 nitrogen and oxygen atoms in total. The molecule has 0 bridgehead atoms. The van der Waals surface area contributed by atoms with Gasteiger partial charge in [0.1, 0.15) is 0 Å². The zero-order valence-corrected chi connectivity index (χ0v) is 12.1. The Hall–Kier alpha value is -1.31. The van der Waals surface area contributed by atoms with Crippen molar-refractivity contribution in [3.8, 4) is 0 Å². The normalized spacial score (nSPS) is 11.6. The second kappa shape index (κ2) is 6.23. The number of nitrogens with one attached hydrogen (secondary N) is 1. The monoisotopic (exact) mass is 306 g/mol. The van der Waals surface area contributed by atoms with E-state index in [1.807, 2.05) is 0 Å². The number of hydrogen-bond acceptors (Lipinski definition) is 3. The molecule has 0 saturated carbocycles. The van der Waals surface area contributed by atoms with Crippen molar-refractivity contribution in [3.63, 3.8) is 0 Å². The zero-order chi connectivity index (χ0) is 14.6. The molecule has 0 spiro atoms. The molecule has 106 valence electrons. The number of rotatable bonds is 6. The van der Waals surface area contributed by atoms with Crippen molar-refractivity contribution in [2.75, 3.05) is 18.3 Å².